The number of halogens is 1. The van der Waals surface area contributed by atoms with E-state index in [9.17, 15) is 9.59 Å². The van der Waals surface area contributed by atoms with E-state index in [1.54, 1.807) is 47.5 Å². The summed E-state index contributed by atoms with van der Waals surface area (Å²) in [7, 11) is 2.01. The van der Waals surface area contributed by atoms with Crippen molar-refractivity contribution in [2.24, 2.45) is 0 Å². The summed E-state index contributed by atoms with van der Waals surface area (Å²) in [4.78, 5) is 41.6. The lowest BCUT2D eigenvalue weighted by atomic mass is 10.2. The minimum Gasteiger partial charge on any atom is -0.390 e. The number of hydrogen-bond donors (Lipinski definition) is 1. The molecule has 0 spiro atoms. The Hall–Kier alpha value is -3.43. The van der Waals surface area contributed by atoms with E-state index in [4.69, 9.17) is 16.3 Å². The van der Waals surface area contributed by atoms with Crippen molar-refractivity contribution in [3.63, 3.8) is 0 Å². The molecule has 1 saturated heterocycles. The Morgan fingerprint density at radius 2 is 1.87 bits per heavy atom. The minimum absolute atomic E-state index is 0.0957. The monoisotopic (exact) mass is 438 g/mol. The lowest BCUT2D eigenvalue weighted by Crippen LogP contribution is -2.48. The van der Waals surface area contributed by atoms with Gasteiger partial charge in [0.25, 0.3) is 5.56 Å². The second-order valence-electron chi connectivity index (χ2n) is 7.41. The molecule has 0 bridgehead atoms. The fourth-order valence-corrected chi connectivity index (χ4v) is 3.79. The van der Waals surface area contributed by atoms with Gasteiger partial charge in [-0.15, -0.1) is 0 Å². The quantitative estimate of drug-likeness (QED) is 0.483. The number of likely N-dealkylation sites (N-methyl/N-ethyl adjacent to an activating group) is 1. The first-order valence-electron chi connectivity index (χ1n) is 9.82. The van der Waals surface area contributed by atoms with Crippen LogP contribution in [0.15, 0.2) is 47.4 Å². The van der Waals surface area contributed by atoms with Crippen LogP contribution in [-0.4, -0.2) is 68.6 Å². The van der Waals surface area contributed by atoms with Crippen molar-refractivity contribution in [3.8, 4) is 23.0 Å². The molecule has 10 heteroatoms. The van der Waals surface area contributed by atoms with Gasteiger partial charge >= 0.3 is 6.09 Å². The maximum atomic E-state index is 13.2. The Bertz CT molecular complexity index is 1310. The number of fused-ring (bicyclic) bond motifs is 2. The molecule has 1 fully saturated rings. The van der Waals surface area contributed by atoms with Gasteiger partial charge in [0.2, 0.25) is 5.88 Å². The predicted molar refractivity (Wildman–Crippen MR) is 116 cm³/mol. The number of ether oxygens (including phenoxy) is 1. The highest BCUT2D eigenvalue weighted by Gasteiger charge is 2.29. The van der Waals surface area contributed by atoms with Crippen molar-refractivity contribution in [3.05, 3.63) is 58.1 Å². The van der Waals surface area contributed by atoms with Gasteiger partial charge in [-0.3, -0.25) is 4.79 Å². The van der Waals surface area contributed by atoms with Crippen LogP contribution in [0.4, 0.5) is 4.79 Å². The largest absolute Gasteiger partial charge is 0.416 e. The van der Waals surface area contributed by atoms with Crippen LogP contribution in [0.2, 0.25) is 5.15 Å². The number of hydrogen-bond acceptors (Lipinski definition) is 6. The van der Waals surface area contributed by atoms with E-state index in [1.807, 2.05) is 7.05 Å². The van der Waals surface area contributed by atoms with Gasteiger partial charge in [0.15, 0.2) is 5.65 Å². The van der Waals surface area contributed by atoms with Gasteiger partial charge in [0.1, 0.15) is 16.7 Å². The summed E-state index contributed by atoms with van der Waals surface area (Å²) < 4.78 is 7.05. The van der Waals surface area contributed by atoms with E-state index in [0.717, 1.165) is 18.5 Å². The Morgan fingerprint density at radius 1 is 1.10 bits per heavy atom. The molecular weight excluding hydrogens is 420 g/mol. The number of carbonyl (C=O) groups excluding carboxylic acids is 1. The van der Waals surface area contributed by atoms with Gasteiger partial charge in [0.05, 0.1) is 5.56 Å². The van der Waals surface area contributed by atoms with Crippen molar-refractivity contribution in [2.75, 3.05) is 33.2 Å². The first-order valence-corrected chi connectivity index (χ1v) is 10.2. The van der Waals surface area contributed by atoms with Crippen molar-refractivity contribution in [2.45, 2.75) is 0 Å². The molecule has 5 rings (SSSR count). The maximum absolute atomic E-state index is 13.2. The summed E-state index contributed by atoms with van der Waals surface area (Å²) in [5.74, 6) is 0.386. The molecule has 0 radical (unpaired) electrons. The van der Waals surface area contributed by atoms with E-state index >= 15 is 0 Å². The Kier molecular flexibility index (Phi) is 4.84. The van der Waals surface area contributed by atoms with Crippen LogP contribution in [0.3, 0.4) is 0 Å². The minimum atomic E-state index is -0.507. The number of carbonyl (C=O) groups is 1. The van der Waals surface area contributed by atoms with Crippen LogP contribution in [0.5, 0.6) is 5.88 Å². The number of H-pyrrole nitrogens is 1. The van der Waals surface area contributed by atoms with Gasteiger partial charge in [-0.25, -0.2) is 19.3 Å². The van der Waals surface area contributed by atoms with E-state index in [2.05, 4.69) is 19.9 Å². The summed E-state index contributed by atoms with van der Waals surface area (Å²) in [6, 6.07) is 10.3. The Balaban J connectivity index is 1.61. The van der Waals surface area contributed by atoms with Gasteiger partial charge in [-0.1, -0.05) is 11.6 Å². The first kappa shape index (κ1) is 19.5. The van der Waals surface area contributed by atoms with E-state index in [-0.39, 0.29) is 17.3 Å². The van der Waals surface area contributed by atoms with Gasteiger partial charge in [0, 0.05) is 37.8 Å². The zero-order chi connectivity index (χ0) is 21.5. The molecule has 1 N–H and O–H groups in total. The number of aromatic amines is 1. The average molecular weight is 439 g/mol. The summed E-state index contributed by atoms with van der Waals surface area (Å²) in [5.41, 5.74) is 0.866. The molecule has 3 aliphatic heterocycles. The molecule has 3 aliphatic rings. The molecule has 31 heavy (non-hydrogen) atoms. The first-order chi connectivity index (χ1) is 15.0. The highest BCUT2D eigenvalue weighted by Crippen LogP contribution is 2.31. The van der Waals surface area contributed by atoms with Crippen molar-refractivity contribution in [1.29, 1.82) is 0 Å². The molecule has 1 amide bonds. The topological polar surface area (TPSA) is 96.3 Å². The summed E-state index contributed by atoms with van der Waals surface area (Å²) in [5, 5.41) is 1.08. The highest BCUT2D eigenvalue weighted by molar-refractivity contribution is 6.29. The number of nitrogens with one attached hydrogen (secondary N) is 1. The molecular formula is C21H19ClN6O3. The zero-order valence-corrected chi connectivity index (χ0v) is 17.5. The number of pyridine rings is 3. The van der Waals surface area contributed by atoms with E-state index in [1.165, 1.54) is 4.57 Å². The average Bonchev–Trinajstić information content (AvgIpc) is 3.05. The predicted octanol–water partition coefficient (Wildman–Crippen LogP) is 2.61. The Morgan fingerprint density at radius 3 is 2.68 bits per heavy atom. The SMILES string of the molecule is CN1CCN(C(=O)Oc2c3[nH]cccc-3c(=O)n2-c2ccc3ccc(Cl)nc3n2)CC1. The number of aromatic nitrogens is 4. The number of amides is 1. The van der Waals surface area contributed by atoms with Crippen LogP contribution in [-0.2, 0) is 0 Å². The van der Waals surface area contributed by atoms with Crippen LogP contribution in [0, 0.1) is 0 Å². The lowest BCUT2D eigenvalue weighted by Gasteiger charge is -2.31. The third kappa shape index (κ3) is 3.51. The third-order valence-corrected chi connectivity index (χ3v) is 5.60. The van der Waals surface area contributed by atoms with Gasteiger partial charge in [-0.05, 0) is 43.4 Å². The van der Waals surface area contributed by atoms with Gasteiger partial charge in [-0.2, -0.15) is 0 Å². The molecule has 0 saturated carbocycles. The molecule has 158 valence electrons. The second-order valence-corrected chi connectivity index (χ2v) is 7.80. The van der Waals surface area contributed by atoms with Crippen LogP contribution in [0.25, 0.3) is 28.1 Å². The second kappa shape index (κ2) is 7.68. The molecule has 0 atom stereocenters. The molecule has 0 aromatic carbocycles. The fourth-order valence-electron chi connectivity index (χ4n) is 3.65. The van der Waals surface area contributed by atoms with Crippen molar-refractivity contribution < 1.29 is 9.53 Å². The molecule has 0 unspecified atom stereocenters. The number of nitrogens with zero attached hydrogens (tertiary/aromatic N) is 5. The van der Waals surface area contributed by atoms with E-state index in [0.29, 0.717) is 35.1 Å². The lowest BCUT2D eigenvalue weighted by molar-refractivity contribution is 0.119. The Labute approximate surface area is 182 Å². The molecule has 2 aromatic heterocycles. The molecule has 0 aliphatic carbocycles. The normalized spacial score (nSPS) is 15.0. The summed E-state index contributed by atoms with van der Waals surface area (Å²) in [6.45, 7) is 2.63. The molecule has 2 aromatic rings. The van der Waals surface area contributed by atoms with Crippen LogP contribution < -0.4 is 10.3 Å². The molecule has 9 nitrogen and oxygen atoms in total. The highest BCUT2D eigenvalue weighted by atomic mass is 35.5. The van der Waals surface area contributed by atoms with Crippen molar-refractivity contribution in [1.82, 2.24) is 29.3 Å². The van der Waals surface area contributed by atoms with Crippen LogP contribution >= 0.6 is 11.6 Å². The third-order valence-electron chi connectivity index (χ3n) is 5.38. The fraction of sp³-hybridized carbons (Fsp3) is 0.238. The number of piperazine rings is 1. The molecule has 5 heterocycles. The summed E-state index contributed by atoms with van der Waals surface area (Å²) in [6.07, 6.45) is 1.17. The zero-order valence-electron chi connectivity index (χ0n) is 16.7. The van der Waals surface area contributed by atoms with Crippen LogP contribution in [0.1, 0.15) is 0 Å². The van der Waals surface area contributed by atoms with Crippen molar-refractivity contribution >= 4 is 28.7 Å². The van der Waals surface area contributed by atoms with Gasteiger partial charge < -0.3 is 19.5 Å². The summed E-state index contributed by atoms with van der Waals surface area (Å²) >= 11 is 6.01. The van der Waals surface area contributed by atoms with E-state index < -0.39 is 6.09 Å². The smallest absolute Gasteiger partial charge is 0.390 e. The standard InChI is InChI=1S/C21H19ClN6O3/c1-26-9-11-27(12-10-26)21(30)31-20-17-14(3-2-8-23-17)19(29)28(20)16-7-5-13-4-6-15(22)24-18(13)25-16/h2-8,23H,9-12H2,1H3. The maximum Gasteiger partial charge on any atom is 0.416 e. The number of rotatable bonds is 2.